The van der Waals surface area contributed by atoms with E-state index in [0.717, 1.165) is 0 Å². The molecule has 32 heavy (non-hydrogen) atoms. The molecule has 0 bridgehead atoms. The number of hydrogen-bond acceptors (Lipinski definition) is 7. The number of nitrogens with zero attached hydrogens (tertiary/aromatic N) is 3. The van der Waals surface area contributed by atoms with Crippen LogP contribution in [0.5, 0.6) is 5.75 Å². The van der Waals surface area contributed by atoms with Crippen LogP contribution in [-0.4, -0.2) is 33.8 Å². The molecule has 0 unspecified atom stereocenters. The molecule has 3 aromatic rings. The highest BCUT2D eigenvalue weighted by molar-refractivity contribution is 6.35. The predicted octanol–water partition coefficient (Wildman–Crippen LogP) is 4.45. The number of imidazole rings is 1. The minimum absolute atomic E-state index is 0. The van der Waals surface area contributed by atoms with Crippen molar-refractivity contribution in [1.82, 2.24) is 9.55 Å². The molecule has 0 amide bonds. The average Bonchev–Trinajstić information content (AvgIpc) is 3.37. The molecule has 0 radical (unpaired) electrons. The summed E-state index contributed by atoms with van der Waals surface area (Å²) in [7, 11) is 0. The number of rotatable bonds is 7. The van der Waals surface area contributed by atoms with E-state index in [1.165, 1.54) is 18.2 Å². The van der Waals surface area contributed by atoms with E-state index in [4.69, 9.17) is 43.1 Å². The first-order valence-electron chi connectivity index (χ1n) is 9.26. The van der Waals surface area contributed by atoms with Crippen LogP contribution in [0, 0.1) is 10.1 Å². The number of benzene rings is 2. The van der Waals surface area contributed by atoms with Gasteiger partial charge in [-0.2, -0.15) is 0 Å². The minimum atomic E-state index is -1.16. The molecule has 1 fully saturated rings. The number of nitro benzene ring substituents is 1. The largest absolute Gasteiger partial charge is 0.491 e. The summed E-state index contributed by atoms with van der Waals surface area (Å²) in [6.07, 6.45) is 4.68. The molecule has 1 aromatic heterocycles. The van der Waals surface area contributed by atoms with Crippen molar-refractivity contribution in [3.05, 3.63) is 80.8 Å². The fourth-order valence-corrected chi connectivity index (χ4v) is 3.91. The monoisotopic (exact) mass is 500 g/mol. The van der Waals surface area contributed by atoms with Crippen LogP contribution in [-0.2, 0) is 21.8 Å². The number of halogens is 3. The van der Waals surface area contributed by atoms with E-state index >= 15 is 0 Å². The van der Waals surface area contributed by atoms with Crippen LogP contribution in [0.3, 0.4) is 0 Å². The van der Waals surface area contributed by atoms with Gasteiger partial charge in [0, 0.05) is 35.1 Å². The average molecular weight is 502 g/mol. The van der Waals surface area contributed by atoms with E-state index < -0.39 is 16.8 Å². The lowest BCUT2D eigenvalue weighted by molar-refractivity contribution is -0.383. The third kappa shape index (κ3) is 5.08. The van der Waals surface area contributed by atoms with Gasteiger partial charge in [-0.1, -0.05) is 29.3 Å². The molecule has 1 saturated heterocycles. The van der Waals surface area contributed by atoms with Crippen LogP contribution in [0.4, 0.5) is 11.4 Å². The van der Waals surface area contributed by atoms with Crippen molar-refractivity contribution in [1.29, 1.82) is 0 Å². The second-order valence-electron chi connectivity index (χ2n) is 6.95. The Balaban J connectivity index is 0.00000289. The molecule has 9 nitrogen and oxygen atoms in total. The molecule has 170 valence electrons. The van der Waals surface area contributed by atoms with Gasteiger partial charge < -0.3 is 24.5 Å². The zero-order valence-electron chi connectivity index (χ0n) is 16.5. The maximum Gasteiger partial charge on any atom is 0.292 e. The molecule has 1 aliphatic heterocycles. The molecule has 2 N–H and O–H groups in total. The lowest BCUT2D eigenvalue weighted by Gasteiger charge is -2.30. The molecule has 12 heteroatoms. The topological polar surface area (TPSA) is 115 Å². The summed E-state index contributed by atoms with van der Waals surface area (Å²) in [6, 6.07) is 9.30. The number of hydrogen-bond donors (Lipinski definition) is 1. The number of nitrogen functional groups attached to an aromatic ring is 1. The smallest absolute Gasteiger partial charge is 0.292 e. The summed E-state index contributed by atoms with van der Waals surface area (Å²) in [4.78, 5) is 14.4. The third-order valence-corrected chi connectivity index (χ3v) is 5.33. The van der Waals surface area contributed by atoms with Crippen molar-refractivity contribution in [3.8, 4) is 5.75 Å². The number of anilines is 1. The number of nitrogens with two attached hydrogens (primary N) is 1. The Labute approximate surface area is 199 Å². The fraction of sp³-hybridized carbons (Fsp3) is 0.250. The van der Waals surface area contributed by atoms with Crippen LogP contribution in [0.1, 0.15) is 5.56 Å². The van der Waals surface area contributed by atoms with Gasteiger partial charge in [0.1, 0.15) is 24.1 Å². The fourth-order valence-electron chi connectivity index (χ4n) is 3.35. The number of aromatic nitrogens is 2. The van der Waals surface area contributed by atoms with E-state index in [2.05, 4.69) is 4.98 Å². The second kappa shape index (κ2) is 9.93. The Hall–Kier alpha value is -2.56. The quantitative estimate of drug-likeness (QED) is 0.289. The summed E-state index contributed by atoms with van der Waals surface area (Å²) in [5, 5.41) is 11.8. The normalized spacial score (nSPS) is 20.0. The molecule has 4 rings (SSSR count). The summed E-state index contributed by atoms with van der Waals surface area (Å²) in [5.41, 5.74) is 6.20. The first-order chi connectivity index (χ1) is 14.9. The van der Waals surface area contributed by atoms with Crippen LogP contribution >= 0.6 is 35.6 Å². The van der Waals surface area contributed by atoms with Gasteiger partial charge in [-0.15, -0.1) is 12.4 Å². The highest BCUT2D eigenvalue weighted by Gasteiger charge is 2.45. The van der Waals surface area contributed by atoms with Crippen molar-refractivity contribution < 1.29 is 19.1 Å². The van der Waals surface area contributed by atoms with Gasteiger partial charge in [0.25, 0.3) is 5.69 Å². The van der Waals surface area contributed by atoms with Crippen molar-refractivity contribution in [3.63, 3.8) is 0 Å². The summed E-state index contributed by atoms with van der Waals surface area (Å²) >= 11 is 12.5. The highest BCUT2D eigenvalue weighted by Crippen LogP contribution is 2.40. The SMILES string of the molecule is Cl.Nc1cc(OC[C@@H]2CO[C@@](Cn3ccnc3)(c3ccc(Cl)cc3Cl)O2)ccc1[N+](=O)[O-]. The van der Waals surface area contributed by atoms with Gasteiger partial charge >= 0.3 is 0 Å². The van der Waals surface area contributed by atoms with Gasteiger partial charge in [-0.05, 0) is 18.2 Å². The molecule has 2 atom stereocenters. The first kappa shape index (κ1) is 24.1. The van der Waals surface area contributed by atoms with Crippen LogP contribution in [0.2, 0.25) is 10.0 Å². The molecule has 2 aromatic carbocycles. The predicted molar refractivity (Wildman–Crippen MR) is 121 cm³/mol. The van der Waals surface area contributed by atoms with E-state index in [1.807, 2.05) is 4.57 Å². The van der Waals surface area contributed by atoms with Gasteiger partial charge in [0.15, 0.2) is 0 Å². The molecule has 0 saturated carbocycles. The van der Waals surface area contributed by atoms with Gasteiger partial charge in [-0.3, -0.25) is 10.1 Å². The van der Waals surface area contributed by atoms with Gasteiger partial charge in [-0.25, -0.2) is 4.98 Å². The number of ether oxygens (including phenoxy) is 3. The van der Waals surface area contributed by atoms with Crippen LogP contribution < -0.4 is 10.5 Å². The van der Waals surface area contributed by atoms with E-state index in [9.17, 15) is 10.1 Å². The van der Waals surface area contributed by atoms with Crippen LogP contribution in [0.25, 0.3) is 0 Å². The van der Waals surface area contributed by atoms with Crippen molar-refractivity contribution >= 4 is 47.0 Å². The molecule has 0 spiro atoms. The lowest BCUT2D eigenvalue weighted by atomic mass is 10.1. The summed E-state index contributed by atoms with van der Waals surface area (Å²) in [5.74, 6) is -0.770. The lowest BCUT2D eigenvalue weighted by Crippen LogP contribution is -2.34. The summed E-state index contributed by atoms with van der Waals surface area (Å²) in [6.45, 7) is 0.708. The van der Waals surface area contributed by atoms with Crippen molar-refractivity contribution in [2.75, 3.05) is 18.9 Å². The zero-order chi connectivity index (χ0) is 22.0. The van der Waals surface area contributed by atoms with E-state index in [0.29, 0.717) is 27.9 Å². The van der Waals surface area contributed by atoms with Gasteiger partial charge in [0.2, 0.25) is 5.79 Å². The van der Waals surface area contributed by atoms with Crippen LogP contribution in [0.15, 0.2) is 55.1 Å². The Kier molecular flexibility index (Phi) is 7.47. The molecule has 2 heterocycles. The van der Waals surface area contributed by atoms with E-state index in [1.54, 1.807) is 36.9 Å². The highest BCUT2D eigenvalue weighted by atomic mass is 35.5. The van der Waals surface area contributed by atoms with Crippen molar-refractivity contribution in [2.24, 2.45) is 0 Å². The molecular weight excluding hydrogens is 483 g/mol. The Bertz CT molecular complexity index is 1100. The standard InChI is InChI=1S/C20H18Cl2N4O5.ClH/c21-13-1-3-16(17(22)7-13)20(11-25-6-5-24-12-25)30-10-15(31-20)9-29-14-2-4-19(26(27)28)18(23)8-14;/h1-8,12,15H,9-11,23H2;1H/t15-,20-;/m1./s1. The maximum atomic E-state index is 10.9. The number of nitro groups is 1. The summed E-state index contributed by atoms with van der Waals surface area (Å²) < 4.78 is 19.9. The maximum absolute atomic E-state index is 10.9. The van der Waals surface area contributed by atoms with Gasteiger partial charge in [0.05, 0.1) is 29.4 Å². The Morgan fingerprint density at radius 2 is 2.12 bits per heavy atom. The first-order valence-corrected chi connectivity index (χ1v) is 10.0. The Morgan fingerprint density at radius 3 is 2.78 bits per heavy atom. The van der Waals surface area contributed by atoms with Crippen molar-refractivity contribution in [2.45, 2.75) is 18.4 Å². The molecule has 0 aliphatic carbocycles. The molecule has 1 aliphatic rings. The third-order valence-electron chi connectivity index (χ3n) is 4.78. The minimum Gasteiger partial charge on any atom is -0.491 e. The van der Waals surface area contributed by atoms with E-state index in [-0.39, 0.29) is 37.0 Å². The molecular formula is C20H19Cl3N4O5. The second-order valence-corrected chi connectivity index (χ2v) is 7.80. The Morgan fingerprint density at radius 1 is 1.31 bits per heavy atom. The zero-order valence-corrected chi connectivity index (χ0v) is 18.8.